The number of thiophene rings is 1. The van der Waals surface area contributed by atoms with E-state index in [0.717, 1.165) is 18.0 Å². The van der Waals surface area contributed by atoms with Gasteiger partial charge >= 0.3 is 6.18 Å². The van der Waals surface area contributed by atoms with Crippen molar-refractivity contribution in [2.75, 3.05) is 24.5 Å². The molecule has 8 heteroatoms. The summed E-state index contributed by atoms with van der Waals surface area (Å²) in [4.78, 5) is 3.79. The van der Waals surface area contributed by atoms with E-state index in [0.29, 0.717) is 37.9 Å². The number of likely N-dealkylation sites (tertiary alicyclic amines) is 1. The van der Waals surface area contributed by atoms with Crippen molar-refractivity contribution >= 4 is 17.2 Å². The molecule has 4 nitrogen and oxygen atoms in total. The highest BCUT2D eigenvalue weighted by Crippen LogP contribution is 2.48. The van der Waals surface area contributed by atoms with Crippen molar-refractivity contribution in [1.29, 1.82) is 0 Å². The van der Waals surface area contributed by atoms with E-state index < -0.39 is 12.7 Å². The lowest BCUT2D eigenvalue weighted by atomic mass is 10.0. The maximum atomic E-state index is 12.6. The highest BCUT2D eigenvalue weighted by Gasteiger charge is 2.47. The second-order valence-electron chi connectivity index (χ2n) is 7.30. The molecule has 4 rings (SSSR count). The van der Waals surface area contributed by atoms with Crippen LogP contribution in [0, 0.1) is 6.92 Å². The Morgan fingerprint density at radius 2 is 2.12 bits per heavy atom. The second-order valence-corrected chi connectivity index (χ2v) is 8.08. The van der Waals surface area contributed by atoms with Gasteiger partial charge in [-0.25, -0.2) is 0 Å². The van der Waals surface area contributed by atoms with E-state index in [1.165, 1.54) is 10.5 Å². The lowest BCUT2D eigenvalue weighted by Crippen LogP contribution is -2.48. The van der Waals surface area contributed by atoms with Crippen molar-refractivity contribution < 1.29 is 17.7 Å². The number of nitrogens with zero attached hydrogens (tertiary/aromatic N) is 3. The Hall–Kier alpha value is -1.54. The largest absolute Gasteiger partial charge is 0.401 e. The fraction of sp³-hybridized carbons (Fsp3) is 0.611. The van der Waals surface area contributed by atoms with Crippen molar-refractivity contribution in [3.63, 3.8) is 0 Å². The molecule has 26 heavy (non-hydrogen) atoms. The van der Waals surface area contributed by atoms with Crippen LogP contribution in [0.2, 0.25) is 0 Å². The third-order valence-corrected chi connectivity index (χ3v) is 6.01. The van der Waals surface area contributed by atoms with E-state index in [1.54, 1.807) is 11.3 Å². The van der Waals surface area contributed by atoms with E-state index in [2.05, 4.69) is 26.9 Å². The number of hydrogen-bond acceptors (Lipinski definition) is 5. The summed E-state index contributed by atoms with van der Waals surface area (Å²) >= 11 is 1.70. The van der Waals surface area contributed by atoms with Gasteiger partial charge in [0.05, 0.1) is 12.2 Å². The Morgan fingerprint density at radius 3 is 2.69 bits per heavy atom. The monoisotopic (exact) mass is 385 g/mol. The predicted octanol–water partition coefficient (Wildman–Crippen LogP) is 4.43. The van der Waals surface area contributed by atoms with Gasteiger partial charge in [0.15, 0.2) is 0 Å². The van der Waals surface area contributed by atoms with Crippen molar-refractivity contribution in [1.82, 2.24) is 10.1 Å². The van der Waals surface area contributed by atoms with Crippen LogP contribution in [0.5, 0.6) is 0 Å². The molecular weight excluding hydrogens is 363 g/mol. The number of alkyl halides is 3. The SMILES string of the molecule is Cc1cc(N(C2CCN(CC(F)(F)F)CC2)C2CC2c2ccsc2)on1. The molecule has 0 aromatic carbocycles. The molecule has 142 valence electrons. The highest BCUT2D eigenvalue weighted by atomic mass is 32.1. The van der Waals surface area contributed by atoms with Crippen LogP contribution in [-0.4, -0.2) is 48.0 Å². The summed E-state index contributed by atoms with van der Waals surface area (Å²) in [5.41, 5.74) is 2.17. The van der Waals surface area contributed by atoms with Gasteiger partial charge in [0, 0.05) is 37.2 Å². The first-order chi connectivity index (χ1) is 12.4. The van der Waals surface area contributed by atoms with Crippen LogP contribution in [0.3, 0.4) is 0 Å². The molecule has 2 unspecified atom stereocenters. The first kappa shape index (κ1) is 17.9. The topological polar surface area (TPSA) is 32.5 Å². The van der Waals surface area contributed by atoms with Gasteiger partial charge in [-0.3, -0.25) is 4.90 Å². The lowest BCUT2D eigenvalue weighted by molar-refractivity contribution is -0.147. The molecule has 2 aliphatic rings. The molecule has 0 spiro atoms. The Balaban J connectivity index is 1.47. The Labute approximate surface area is 154 Å². The van der Waals surface area contributed by atoms with E-state index in [1.807, 2.05) is 13.0 Å². The Kier molecular flexibility index (Phi) is 4.73. The maximum Gasteiger partial charge on any atom is 0.401 e. The molecule has 2 aromatic heterocycles. The molecule has 0 radical (unpaired) electrons. The molecule has 3 heterocycles. The molecule has 0 N–H and O–H groups in total. The first-order valence-corrected chi connectivity index (χ1v) is 9.88. The number of aryl methyl sites for hydroxylation is 1. The van der Waals surface area contributed by atoms with E-state index in [9.17, 15) is 13.2 Å². The fourth-order valence-electron chi connectivity index (χ4n) is 4.03. The van der Waals surface area contributed by atoms with Gasteiger partial charge in [-0.2, -0.15) is 24.5 Å². The highest BCUT2D eigenvalue weighted by molar-refractivity contribution is 7.08. The first-order valence-electron chi connectivity index (χ1n) is 8.93. The molecule has 0 bridgehead atoms. The quantitative estimate of drug-likeness (QED) is 0.762. The third kappa shape index (κ3) is 3.91. The number of piperidine rings is 1. The standard InChI is InChI=1S/C18H22F3N3OS/c1-12-8-17(25-22-12)24(16-9-15(16)13-4-7-26-10-13)14-2-5-23(6-3-14)11-18(19,20)21/h4,7-8,10,14-16H,2-3,5-6,9,11H2,1H3. The number of anilines is 1. The number of aromatic nitrogens is 1. The van der Waals surface area contributed by atoms with Crippen LogP contribution in [0.25, 0.3) is 0 Å². The zero-order valence-corrected chi connectivity index (χ0v) is 15.4. The smallest absolute Gasteiger partial charge is 0.338 e. The normalized spacial score (nSPS) is 24.8. The summed E-state index contributed by atoms with van der Waals surface area (Å²) in [5.74, 6) is 1.22. The fourth-order valence-corrected chi connectivity index (χ4v) is 4.75. The van der Waals surface area contributed by atoms with E-state index in [-0.39, 0.29) is 6.04 Å². The second kappa shape index (κ2) is 6.88. The molecule has 1 saturated carbocycles. The van der Waals surface area contributed by atoms with Gasteiger partial charge in [0.1, 0.15) is 0 Å². The van der Waals surface area contributed by atoms with Gasteiger partial charge in [-0.15, -0.1) is 0 Å². The Bertz CT molecular complexity index is 722. The van der Waals surface area contributed by atoms with Crippen molar-refractivity contribution in [2.45, 2.75) is 50.4 Å². The van der Waals surface area contributed by atoms with Crippen LogP contribution in [0.4, 0.5) is 19.1 Å². The minimum absolute atomic E-state index is 0.195. The molecule has 1 aliphatic heterocycles. The summed E-state index contributed by atoms with van der Waals surface area (Å²) < 4.78 is 43.4. The van der Waals surface area contributed by atoms with Crippen molar-refractivity contribution in [2.24, 2.45) is 0 Å². The summed E-state index contributed by atoms with van der Waals surface area (Å²) in [6, 6.07) is 4.63. The number of rotatable bonds is 5. The lowest BCUT2D eigenvalue weighted by Gasteiger charge is -2.38. The minimum atomic E-state index is -4.13. The summed E-state index contributed by atoms with van der Waals surface area (Å²) in [6.45, 7) is 2.00. The summed E-state index contributed by atoms with van der Waals surface area (Å²) in [5, 5.41) is 8.29. The van der Waals surface area contributed by atoms with Gasteiger partial charge in [-0.05, 0) is 48.6 Å². The van der Waals surface area contributed by atoms with Crippen LogP contribution in [0.15, 0.2) is 27.4 Å². The third-order valence-electron chi connectivity index (χ3n) is 5.31. The molecule has 1 saturated heterocycles. The number of hydrogen-bond donors (Lipinski definition) is 0. The van der Waals surface area contributed by atoms with Crippen LogP contribution < -0.4 is 4.90 Å². The van der Waals surface area contributed by atoms with Gasteiger partial charge < -0.3 is 9.42 Å². The molecule has 2 aromatic rings. The van der Waals surface area contributed by atoms with E-state index in [4.69, 9.17) is 4.52 Å². The zero-order chi connectivity index (χ0) is 18.3. The van der Waals surface area contributed by atoms with Gasteiger partial charge in [0.2, 0.25) is 5.88 Å². The predicted molar refractivity (Wildman–Crippen MR) is 94.7 cm³/mol. The average Bonchev–Trinajstić information content (AvgIpc) is 2.96. The summed E-state index contributed by atoms with van der Waals surface area (Å²) in [6.07, 6.45) is -1.65. The molecule has 1 aliphatic carbocycles. The van der Waals surface area contributed by atoms with Gasteiger partial charge in [-0.1, -0.05) is 5.16 Å². The molecule has 0 amide bonds. The molecule has 2 atom stereocenters. The average molecular weight is 385 g/mol. The maximum absolute atomic E-state index is 12.6. The van der Waals surface area contributed by atoms with Crippen LogP contribution in [0.1, 0.15) is 36.4 Å². The van der Waals surface area contributed by atoms with Crippen LogP contribution in [-0.2, 0) is 0 Å². The number of halogens is 3. The molecule has 2 fully saturated rings. The minimum Gasteiger partial charge on any atom is -0.338 e. The van der Waals surface area contributed by atoms with Crippen LogP contribution >= 0.6 is 11.3 Å². The van der Waals surface area contributed by atoms with E-state index >= 15 is 0 Å². The van der Waals surface area contributed by atoms with Gasteiger partial charge in [0.25, 0.3) is 0 Å². The van der Waals surface area contributed by atoms with Crippen molar-refractivity contribution in [3.05, 3.63) is 34.2 Å². The summed E-state index contributed by atoms with van der Waals surface area (Å²) in [7, 11) is 0. The molecular formula is C18H22F3N3OS. The van der Waals surface area contributed by atoms with Crippen molar-refractivity contribution in [3.8, 4) is 0 Å². The Morgan fingerprint density at radius 1 is 1.35 bits per heavy atom. The zero-order valence-electron chi connectivity index (χ0n) is 14.6.